The van der Waals surface area contributed by atoms with E-state index in [2.05, 4.69) is 15.5 Å². The molecule has 3 amide bonds. The number of carbonyl (C=O) groups excluding carboxylic acids is 2. The molecule has 3 aromatic rings. The molecular weight excluding hydrogens is 398 g/mol. The van der Waals surface area contributed by atoms with Crippen LogP contribution in [0.1, 0.15) is 18.4 Å². The van der Waals surface area contributed by atoms with E-state index < -0.39 is 29.1 Å². The van der Waals surface area contributed by atoms with Crippen LogP contribution in [0.15, 0.2) is 47.0 Å². The van der Waals surface area contributed by atoms with Gasteiger partial charge in [-0.15, -0.1) is 0 Å². The van der Waals surface area contributed by atoms with E-state index in [-0.39, 0.29) is 23.8 Å². The number of amides is 3. The zero-order chi connectivity index (χ0) is 21.5. The van der Waals surface area contributed by atoms with Crippen molar-refractivity contribution in [2.75, 3.05) is 7.11 Å². The Morgan fingerprint density at radius 2 is 1.90 bits per heavy atom. The summed E-state index contributed by atoms with van der Waals surface area (Å²) in [5, 5.41) is 6.26. The van der Waals surface area contributed by atoms with Crippen molar-refractivity contribution in [2.45, 2.75) is 19.0 Å². The van der Waals surface area contributed by atoms with Crippen LogP contribution in [0.2, 0.25) is 0 Å². The van der Waals surface area contributed by atoms with Crippen LogP contribution >= 0.6 is 0 Å². The zero-order valence-electron chi connectivity index (χ0n) is 16.0. The molecule has 1 aliphatic rings. The topological polar surface area (TPSA) is 97.6 Å². The monoisotopic (exact) mass is 414 g/mol. The number of halogens is 2. The van der Waals surface area contributed by atoms with Gasteiger partial charge in [-0.1, -0.05) is 5.16 Å². The second-order valence-electron chi connectivity index (χ2n) is 6.81. The lowest BCUT2D eigenvalue weighted by molar-refractivity contribution is -0.131. The van der Waals surface area contributed by atoms with Crippen LogP contribution in [0.5, 0.6) is 5.75 Å². The van der Waals surface area contributed by atoms with Crippen LogP contribution in [0.3, 0.4) is 0 Å². The van der Waals surface area contributed by atoms with Crippen LogP contribution in [0.4, 0.5) is 13.6 Å². The molecule has 30 heavy (non-hydrogen) atoms. The number of benzene rings is 2. The van der Waals surface area contributed by atoms with Gasteiger partial charge in [0.25, 0.3) is 5.91 Å². The first kappa shape index (κ1) is 19.5. The number of aromatic nitrogens is 2. The molecule has 0 unspecified atom stereocenters. The number of hydrogen-bond acceptors (Lipinski definition) is 6. The lowest BCUT2D eigenvalue weighted by Gasteiger charge is -2.22. The summed E-state index contributed by atoms with van der Waals surface area (Å²) < 4.78 is 38.1. The average Bonchev–Trinajstić information content (AvgIpc) is 3.29. The maximum Gasteiger partial charge on any atom is 0.325 e. The molecule has 0 bridgehead atoms. The maximum atomic E-state index is 14.2. The van der Waals surface area contributed by atoms with Crippen molar-refractivity contribution in [3.63, 3.8) is 0 Å². The fourth-order valence-electron chi connectivity index (χ4n) is 3.22. The third-order valence-electron chi connectivity index (χ3n) is 4.85. The van der Waals surface area contributed by atoms with Crippen LogP contribution in [0, 0.1) is 11.6 Å². The van der Waals surface area contributed by atoms with Gasteiger partial charge in [-0.25, -0.2) is 13.6 Å². The van der Waals surface area contributed by atoms with Gasteiger partial charge in [-0.3, -0.25) is 9.69 Å². The molecule has 10 heteroatoms. The summed E-state index contributed by atoms with van der Waals surface area (Å²) in [6.07, 6.45) is 0. The number of carbonyl (C=O) groups is 2. The minimum Gasteiger partial charge on any atom is -0.497 e. The maximum absolute atomic E-state index is 14.2. The number of nitrogens with zero attached hydrogens (tertiary/aromatic N) is 3. The summed E-state index contributed by atoms with van der Waals surface area (Å²) in [7, 11) is 1.54. The van der Waals surface area contributed by atoms with E-state index in [0.29, 0.717) is 11.3 Å². The smallest absolute Gasteiger partial charge is 0.325 e. The van der Waals surface area contributed by atoms with Crippen molar-refractivity contribution in [2.24, 2.45) is 0 Å². The van der Waals surface area contributed by atoms with E-state index in [4.69, 9.17) is 9.26 Å². The van der Waals surface area contributed by atoms with Gasteiger partial charge >= 0.3 is 6.03 Å². The highest BCUT2D eigenvalue weighted by atomic mass is 19.1. The third-order valence-corrected chi connectivity index (χ3v) is 4.85. The van der Waals surface area contributed by atoms with Crippen molar-refractivity contribution in [3.05, 3.63) is 65.6 Å². The number of methoxy groups -OCH3 is 1. The summed E-state index contributed by atoms with van der Waals surface area (Å²) in [4.78, 5) is 30.3. The van der Waals surface area contributed by atoms with Crippen LogP contribution in [-0.2, 0) is 16.9 Å². The van der Waals surface area contributed by atoms with Crippen molar-refractivity contribution < 1.29 is 27.6 Å². The molecule has 1 aromatic heterocycles. The molecule has 0 aliphatic carbocycles. The van der Waals surface area contributed by atoms with E-state index >= 15 is 0 Å². The fourth-order valence-corrected chi connectivity index (χ4v) is 3.22. The summed E-state index contributed by atoms with van der Waals surface area (Å²) >= 11 is 0. The van der Waals surface area contributed by atoms with E-state index in [9.17, 15) is 18.4 Å². The molecular formula is C20H16F2N4O4. The predicted octanol–water partition coefficient (Wildman–Crippen LogP) is 2.99. The van der Waals surface area contributed by atoms with Gasteiger partial charge in [0.15, 0.2) is 0 Å². The highest BCUT2D eigenvalue weighted by molar-refractivity contribution is 6.07. The van der Waals surface area contributed by atoms with E-state index in [0.717, 1.165) is 23.1 Å². The minimum atomic E-state index is -1.76. The van der Waals surface area contributed by atoms with Gasteiger partial charge in [0.2, 0.25) is 11.7 Å². The van der Waals surface area contributed by atoms with E-state index in [1.807, 2.05) is 0 Å². The summed E-state index contributed by atoms with van der Waals surface area (Å²) in [6, 6.07) is 8.83. The first-order valence-electron chi connectivity index (χ1n) is 8.88. The van der Waals surface area contributed by atoms with Gasteiger partial charge < -0.3 is 14.6 Å². The molecule has 4 rings (SSSR count). The van der Waals surface area contributed by atoms with E-state index in [1.165, 1.54) is 6.92 Å². The van der Waals surface area contributed by atoms with Gasteiger partial charge in [-0.05, 0) is 49.4 Å². The largest absolute Gasteiger partial charge is 0.497 e. The Kier molecular flexibility index (Phi) is 4.69. The van der Waals surface area contributed by atoms with E-state index in [1.54, 1.807) is 31.4 Å². The second-order valence-corrected chi connectivity index (χ2v) is 6.81. The Labute approximate surface area is 169 Å². The number of nitrogens with one attached hydrogen (secondary N) is 1. The lowest BCUT2D eigenvalue weighted by atomic mass is 9.91. The lowest BCUT2D eigenvalue weighted by Crippen LogP contribution is -2.41. The van der Waals surface area contributed by atoms with Crippen LogP contribution in [-0.4, -0.2) is 34.1 Å². The molecule has 1 atom stereocenters. The Hall–Kier alpha value is -3.82. The highest BCUT2D eigenvalue weighted by Crippen LogP contribution is 2.32. The van der Waals surface area contributed by atoms with Gasteiger partial charge in [0, 0.05) is 11.1 Å². The van der Waals surface area contributed by atoms with Gasteiger partial charge in [0.05, 0.1) is 7.11 Å². The molecule has 0 radical (unpaired) electrons. The molecule has 1 fully saturated rings. The van der Waals surface area contributed by atoms with Crippen molar-refractivity contribution >= 4 is 11.9 Å². The number of hydrogen-bond donors (Lipinski definition) is 1. The molecule has 2 aromatic carbocycles. The molecule has 1 aliphatic heterocycles. The molecule has 2 heterocycles. The zero-order valence-corrected chi connectivity index (χ0v) is 16.0. The first-order chi connectivity index (χ1) is 14.3. The number of rotatable bonds is 5. The number of imide groups is 1. The molecule has 1 saturated heterocycles. The Morgan fingerprint density at radius 1 is 1.17 bits per heavy atom. The number of ether oxygens (including phenoxy) is 1. The average molecular weight is 414 g/mol. The second kappa shape index (κ2) is 7.21. The van der Waals surface area contributed by atoms with Crippen molar-refractivity contribution in [3.8, 4) is 17.1 Å². The minimum absolute atomic E-state index is 0.00767. The Morgan fingerprint density at radius 3 is 2.60 bits per heavy atom. The molecule has 154 valence electrons. The molecule has 8 nitrogen and oxygen atoms in total. The summed E-state index contributed by atoms with van der Waals surface area (Å²) in [6.45, 7) is 0.988. The molecule has 0 saturated carbocycles. The SMILES string of the molecule is COc1ccc(-c2noc(CN3C(=O)N[C@@](C)(c4cc(F)ccc4F)C3=O)n2)cc1. The molecule has 0 spiro atoms. The summed E-state index contributed by atoms with van der Waals surface area (Å²) in [5.41, 5.74) is -1.38. The van der Waals surface area contributed by atoms with Gasteiger partial charge in [0.1, 0.15) is 29.5 Å². The fraction of sp³-hybridized carbons (Fsp3) is 0.200. The third kappa shape index (κ3) is 3.25. The summed E-state index contributed by atoms with van der Waals surface area (Å²) in [5.74, 6) is -1.37. The standard InChI is InChI=1S/C20H16F2N4O4/c1-20(14-9-12(21)5-8-15(14)22)18(27)26(19(28)24-20)10-16-23-17(25-30-16)11-3-6-13(29-2)7-4-11/h3-9H,10H2,1-2H3,(H,24,28)/t20-/m0/s1. The normalized spacial score (nSPS) is 18.6. The first-order valence-corrected chi connectivity index (χ1v) is 8.88. The molecule has 1 N–H and O–H groups in total. The quantitative estimate of drug-likeness (QED) is 0.645. The van der Waals surface area contributed by atoms with Crippen LogP contribution < -0.4 is 10.1 Å². The predicted molar refractivity (Wildman–Crippen MR) is 99.1 cm³/mol. The van der Waals surface area contributed by atoms with Crippen LogP contribution in [0.25, 0.3) is 11.4 Å². The van der Waals surface area contributed by atoms with Crippen molar-refractivity contribution in [1.29, 1.82) is 0 Å². The van der Waals surface area contributed by atoms with Crippen molar-refractivity contribution in [1.82, 2.24) is 20.4 Å². The highest BCUT2D eigenvalue weighted by Gasteiger charge is 2.50. The number of urea groups is 1. The van der Waals surface area contributed by atoms with Gasteiger partial charge in [-0.2, -0.15) is 4.98 Å². The Bertz CT molecular complexity index is 1130. The Balaban J connectivity index is 1.57.